The first-order valence-corrected chi connectivity index (χ1v) is 12.0. The highest BCUT2D eigenvalue weighted by atomic mass is 16.6. The van der Waals surface area contributed by atoms with Gasteiger partial charge in [-0.15, -0.1) is 0 Å². The summed E-state index contributed by atoms with van der Waals surface area (Å²) in [6, 6.07) is 16.5. The number of ether oxygens (including phenoxy) is 2. The largest absolute Gasteiger partial charge is 0.460 e. The Morgan fingerprint density at radius 3 is 2.00 bits per heavy atom. The fourth-order valence-electron chi connectivity index (χ4n) is 3.67. The molecule has 10 heteroatoms. The van der Waals surface area contributed by atoms with Crippen molar-refractivity contribution in [2.24, 2.45) is 10.2 Å². The number of hydrogen-bond acceptors (Lipinski definition) is 9. The van der Waals surface area contributed by atoms with Gasteiger partial charge < -0.3 is 14.4 Å². The van der Waals surface area contributed by atoms with Crippen molar-refractivity contribution in [2.45, 2.75) is 20.8 Å². The van der Waals surface area contributed by atoms with E-state index in [1.165, 1.54) is 19.1 Å². The number of azo groups is 1. The van der Waals surface area contributed by atoms with Crippen molar-refractivity contribution < 1.29 is 24.0 Å². The molecule has 198 valence electrons. The zero-order chi connectivity index (χ0) is 27.7. The highest BCUT2D eigenvalue weighted by Gasteiger charge is 2.13. The number of carbonyl (C=O) groups is 2. The van der Waals surface area contributed by atoms with Crippen molar-refractivity contribution >= 4 is 34.5 Å². The number of carbonyl (C=O) groups excluding carboxylic acids is 2. The van der Waals surface area contributed by atoms with Gasteiger partial charge in [0, 0.05) is 37.0 Å². The molecule has 0 spiro atoms. The van der Waals surface area contributed by atoms with Gasteiger partial charge in [0.15, 0.2) is 5.78 Å². The van der Waals surface area contributed by atoms with Crippen LogP contribution in [0.3, 0.4) is 0 Å². The number of rotatable bonds is 12. The number of ketones is 1. The van der Waals surface area contributed by atoms with Gasteiger partial charge in [0.2, 0.25) is 0 Å². The number of Topliss-reactive ketones (excluding diaryl/α,β-unsaturated/α-hetero) is 1. The highest BCUT2D eigenvalue weighted by Crippen LogP contribution is 2.29. The molecule has 0 unspecified atom stereocenters. The fraction of sp³-hybridized carbons (Fsp3) is 0.286. The van der Waals surface area contributed by atoms with E-state index in [1.807, 2.05) is 30.0 Å². The summed E-state index contributed by atoms with van der Waals surface area (Å²) in [5.41, 5.74) is 4.60. The Balaban J connectivity index is 1.66. The van der Waals surface area contributed by atoms with Crippen molar-refractivity contribution in [1.29, 1.82) is 0 Å². The maximum absolute atomic E-state index is 12.4. The number of anilines is 1. The minimum atomic E-state index is -0.458. The van der Waals surface area contributed by atoms with Crippen LogP contribution in [0.4, 0.5) is 22.7 Å². The molecule has 0 amide bonds. The molecule has 3 rings (SSSR count). The number of nitro benzene ring substituents is 1. The normalized spacial score (nSPS) is 10.9. The predicted octanol–water partition coefficient (Wildman–Crippen LogP) is 6.14. The van der Waals surface area contributed by atoms with Gasteiger partial charge in [0.05, 0.1) is 35.0 Å². The van der Waals surface area contributed by atoms with Crippen LogP contribution >= 0.6 is 0 Å². The van der Waals surface area contributed by atoms with Crippen molar-refractivity contribution in [3.05, 3.63) is 93.0 Å². The number of aryl methyl sites for hydroxylation is 2. The number of esters is 1. The monoisotopic (exact) mass is 518 g/mol. The van der Waals surface area contributed by atoms with Gasteiger partial charge in [-0.3, -0.25) is 14.9 Å². The molecule has 0 bridgehead atoms. The topological polar surface area (TPSA) is 124 Å². The fourth-order valence-corrected chi connectivity index (χ4v) is 3.67. The van der Waals surface area contributed by atoms with Crippen molar-refractivity contribution in [3.63, 3.8) is 0 Å². The molecule has 0 aliphatic rings. The van der Waals surface area contributed by atoms with Gasteiger partial charge in [-0.2, -0.15) is 10.2 Å². The van der Waals surface area contributed by atoms with E-state index in [9.17, 15) is 19.7 Å². The van der Waals surface area contributed by atoms with E-state index in [1.54, 1.807) is 44.4 Å². The van der Waals surface area contributed by atoms with Gasteiger partial charge in [0.25, 0.3) is 5.69 Å². The zero-order valence-electron chi connectivity index (χ0n) is 21.8. The molecule has 10 nitrogen and oxygen atoms in total. The van der Waals surface area contributed by atoms with Crippen LogP contribution in [0, 0.1) is 24.0 Å². The van der Waals surface area contributed by atoms with E-state index in [2.05, 4.69) is 10.2 Å². The Hall–Kier alpha value is -4.44. The van der Waals surface area contributed by atoms with E-state index in [0.29, 0.717) is 47.8 Å². The standard InChI is InChI=1S/C28H30N4O6/c1-19-17-24(9-11-26(19)29-30-27-12-10-25(32(35)36)18-20(27)2)31(13-15-37-4)14-16-38-28(34)23-7-5-22(6-8-23)21(3)33/h5-12,17-18H,13-16H2,1-4H3. The molecular weight excluding hydrogens is 488 g/mol. The first-order chi connectivity index (χ1) is 18.2. The summed E-state index contributed by atoms with van der Waals surface area (Å²) in [7, 11) is 1.62. The van der Waals surface area contributed by atoms with Crippen molar-refractivity contribution in [3.8, 4) is 0 Å². The second kappa shape index (κ2) is 13.2. The number of nitro groups is 1. The lowest BCUT2D eigenvalue weighted by atomic mass is 10.1. The number of nitrogens with zero attached hydrogens (tertiary/aromatic N) is 4. The van der Waals surface area contributed by atoms with Crippen LogP contribution in [0.2, 0.25) is 0 Å². The molecule has 0 aliphatic heterocycles. The average Bonchev–Trinajstić information content (AvgIpc) is 2.90. The van der Waals surface area contributed by atoms with E-state index in [4.69, 9.17) is 9.47 Å². The molecule has 0 aromatic heterocycles. The molecule has 0 aliphatic carbocycles. The number of non-ortho nitro benzene ring substituents is 1. The molecular formula is C28H30N4O6. The Morgan fingerprint density at radius 2 is 1.45 bits per heavy atom. The van der Waals surface area contributed by atoms with E-state index in [-0.39, 0.29) is 18.1 Å². The Morgan fingerprint density at radius 1 is 0.868 bits per heavy atom. The molecule has 0 heterocycles. The van der Waals surface area contributed by atoms with Crippen LogP contribution in [-0.4, -0.2) is 50.1 Å². The van der Waals surface area contributed by atoms with Crippen LogP contribution in [0.15, 0.2) is 70.9 Å². The first kappa shape index (κ1) is 28.1. The molecule has 3 aromatic rings. The van der Waals surface area contributed by atoms with Crippen LogP contribution in [-0.2, 0) is 9.47 Å². The number of benzene rings is 3. The van der Waals surface area contributed by atoms with Crippen molar-refractivity contribution in [2.75, 3.05) is 38.3 Å². The van der Waals surface area contributed by atoms with Crippen molar-refractivity contribution in [1.82, 2.24) is 0 Å². The summed E-state index contributed by atoms with van der Waals surface area (Å²) in [5.74, 6) is -0.525. The van der Waals surface area contributed by atoms with Gasteiger partial charge in [-0.1, -0.05) is 12.1 Å². The minimum Gasteiger partial charge on any atom is -0.460 e. The third kappa shape index (κ3) is 7.53. The minimum absolute atomic E-state index is 0.00898. The summed E-state index contributed by atoms with van der Waals surface area (Å²) in [6.07, 6.45) is 0. The lowest BCUT2D eigenvalue weighted by molar-refractivity contribution is -0.384. The lowest BCUT2D eigenvalue weighted by Crippen LogP contribution is -2.31. The second-order valence-corrected chi connectivity index (χ2v) is 8.65. The smallest absolute Gasteiger partial charge is 0.338 e. The average molecular weight is 519 g/mol. The van der Waals surface area contributed by atoms with E-state index in [0.717, 1.165) is 11.3 Å². The molecule has 3 aromatic carbocycles. The van der Waals surface area contributed by atoms with Crippen LogP contribution < -0.4 is 4.90 Å². The summed E-state index contributed by atoms with van der Waals surface area (Å²) < 4.78 is 10.7. The third-order valence-corrected chi connectivity index (χ3v) is 5.89. The summed E-state index contributed by atoms with van der Waals surface area (Å²) in [5, 5.41) is 19.5. The molecule has 0 atom stereocenters. The Labute approximate surface area is 221 Å². The van der Waals surface area contributed by atoms with Crippen LogP contribution in [0.1, 0.15) is 38.8 Å². The molecule has 0 fully saturated rings. The summed E-state index contributed by atoms with van der Waals surface area (Å²) in [6.45, 7) is 6.82. The second-order valence-electron chi connectivity index (χ2n) is 8.65. The summed E-state index contributed by atoms with van der Waals surface area (Å²) >= 11 is 0. The molecule has 38 heavy (non-hydrogen) atoms. The zero-order valence-corrected chi connectivity index (χ0v) is 21.8. The lowest BCUT2D eigenvalue weighted by Gasteiger charge is -2.25. The van der Waals surface area contributed by atoms with Crippen LogP contribution in [0.5, 0.6) is 0 Å². The van der Waals surface area contributed by atoms with Gasteiger partial charge in [0.1, 0.15) is 6.61 Å². The summed E-state index contributed by atoms with van der Waals surface area (Å²) in [4.78, 5) is 36.4. The maximum Gasteiger partial charge on any atom is 0.338 e. The van der Waals surface area contributed by atoms with Gasteiger partial charge in [-0.05, 0) is 68.3 Å². The van der Waals surface area contributed by atoms with Crippen LogP contribution in [0.25, 0.3) is 0 Å². The quantitative estimate of drug-likeness (QED) is 0.0927. The van der Waals surface area contributed by atoms with Gasteiger partial charge in [-0.25, -0.2) is 4.79 Å². The number of hydrogen-bond donors (Lipinski definition) is 0. The van der Waals surface area contributed by atoms with E-state index >= 15 is 0 Å². The molecule has 0 N–H and O–H groups in total. The Kier molecular flexibility index (Phi) is 9.78. The first-order valence-electron chi connectivity index (χ1n) is 12.0. The predicted molar refractivity (Wildman–Crippen MR) is 144 cm³/mol. The SMILES string of the molecule is COCCN(CCOC(=O)c1ccc(C(C)=O)cc1)c1ccc(N=Nc2ccc([N+](=O)[O-])cc2C)c(C)c1. The van der Waals surface area contributed by atoms with E-state index < -0.39 is 10.9 Å². The number of methoxy groups -OCH3 is 1. The highest BCUT2D eigenvalue weighted by molar-refractivity contribution is 5.96. The molecule has 0 saturated carbocycles. The van der Waals surface area contributed by atoms with Gasteiger partial charge >= 0.3 is 5.97 Å². The molecule has 0 saturated heterocycles. The maximum atomic E-state index is 12.4. The third-order valence-electron chi connectivity index (χ3n) is 5.89. The Bertz CT molecular complexity index is 1340. The molecule has 0 radical (unpaired) electrons.